The maximum absolute atomic E-state index is 13.4. The quantitative estimate of drug-likeness (QED) is 0.505. The molecule has 2 heterocycles. The topological polar surface area (TPSA) is 59.1 Å². The van der Waals surface area contributed by atoms with Gasteiger partial charge in [-0.2, -0.15) is 0 Å². The lowest BCUT2D eigenvalue weighted by atomic mass is 10.00. The van der Waals surface area contributed by atoms with Crippen LogP contribution in [0.3, 0.4) is 0 Å². The predicted molar refractivity (Wildman–Crippen MR) is 132 cm³/mol. The molecule has 1 aliphatic heterocycles. The van der Waals surface area contributed by atoms with E-state index in [0.29, 0.717) is 19.1 Å². The van der Waals surface area contributed by atoms with Crippen LogP contribution in [-0.2, 0) is 20.7 Å². The first-order chi connectivity index (χ1) is 15.8. The maximum atomic E-state index is 13.4. The van der Waals surface area contributed by atoms with Crippen LogP contribution in [0.15, 0.2) is 35.7 Å². The molecule has 2 aromatic rings. The summed E-state index contributed by atoms with van der Waals surface area (Å²) in [4.78, 5) is 30.9. The lowest BCUT2D eigenvalue weighted by Gasteiger charge is -2.38. The van der Waals surface area contributed by atoms with Crippen molar-refractivity contribution in [3.05, 3.63) is 51.7 Å². The molecular weight excluding hydrogens is 436 g/mol. The van der Waals surface area contributed by atoms with Crippen LogP contribution in [0.1, 0.15) is 62.1 Å². The molecule has 3 rings (SSSR count). The lowest BCUT2D eigenvalue weighted by Crippen LogP contribution is -2.50. The highest BCUT2D eigenvalue weighted by Gasteiger charge is 2.34. The van der Waals surface area contributed by atoms with Crippen LogP contribution in [0.25, 0.3) is 0 Å². The van der Waals surface area contributed by atoms with Gasteiger partial charge in [0, 0.05) is 24.6 Å². The molecule has 0 saturated carbocycles. The molecule has 0 radical (unpaired) electrons. The van der Waals surface area contributed by atoms with E-state index in [2.05, 4.69) is 37.4 Å². The van der Waals surface area contributed by atoms with E-state index in [1.165, 1.54) is 17.6 Å². The number of benzene rings is 1. The van der Waals surface area contributed by atoms with Gasteiger partial charge in [0.1, 0.15) is 25.5 Å². The summed E-state index contributed by atoms with van der Waals surface area (Å²) in [6.45, 7) is 9.35. The third kappa shape index (κ3) is 6.15. The van der Waals surface area contributed by atoms with Crippen LogP contribution in [-0.4, -0.2) is 61.1 Å². The second kappa shape index (κ2) is 11.7. The number of ether oxygens (including phenoxy) is 2. The van der Waals surface area contributed by atoms with Gasteiger partial charge in [-0.1, -0.05) is 32.9 Å². The minimum Gasteiger partial charge on any atom is -0.491 e. The van der Waals surface area contributed by atoms with Crippen LogP contribution in [0, 0.1) is 0 Å². The summed E-state index contributed by atoms with van der Waals surface area (Å²) < 4.78 is 11.2. The molecule has 6 nitrogen and oxygen atoms in total. The van der Waals surface area contributed by atoms with Gasteiger partial charge in [0.2, 0.25) is 11.8 Å². The molecule has 1 aromatic carbocycles. The first-order valence-corrected chi connectivity index (χ1v) is 12.6. The molecule has 0 bridgehead atoms. The van der Waals surface area contributed by atoms with Crippen LogP contribution < -0.4 is 4.74 Å². The number of hydrogen-bond acceptors (Lipinski definition) is 5. The Kier molecular flexibility index (Phi) is 8.92. The Hall–Kier alpha value is -2.38. The summed E-state index contributed by atoms with van der Waals surface area (Å²) in [6, 6.07) is 10.1. The van der Waals surface area contributed by atoms with Gasteiger partial charge >= 0.3 is 0 Å². The van der Waals surface area contributed by atoms with Crippen molar-refractivity contribution in [3.8, 4) is 5.75 Å². The summed E-state index contributed by atoms with van der Waals surface area (Å²) in [6.07, 6.45) is 1.60. The zero-order valence-corrected chi connectivity index (χ0v) is 21.2. The van der Waals surface area contributed by atoms with Crippen LogP contribution in [0.4, 0.5) is 0 Å². The summed E-state index contributed by atoms with van der Waals surface area (Å²) in [5.74, 6) is 1.05. The molecule has 0 unspecified atom stereocenters. The Morgan fingerprint density at radius 3 is 2.55 bits per heavy atom. The van der Waals surface area contributed by atoms with Gasteiger partial charge in [-0.25, -0.2) is 0 Å². The maximum Gasteiger partial charge on any atom is 0.249 e. The van der Waals surface area contributed by atoms with Gasteiger partial charge in [-0.05, 0) is 60.4 Å². The molecule has 0 aliphatic carbocycles. The van der Waals surface area contributed by atoms with Crippen molar-refractivity contribution in [3.63, 3.8) is 0 Å². The van der Waals surface area contributed by atoms with Gasteiger partial charge < -0.3 is 19.3 Å². The van der Waals surface area contributed by atoms with Crippen LogP contribution in [0.5, 0.6) is 5.75 Å². The molecule has 0 N–H and O–H groups in total. The highest BCUT2D eigenvalue weighted by atomic mass is 32.1. The van der Waals surface area contributed by atoms with Crippen molar-refractivity contribution in [1.82, 2.24) is 9.80 Å². The summed E-state index contributed by atoms with van der Waals surface area (Å²) in [7, 11) is 1.50. The molecule has 0 fully saturated rings. The number of fused-ring (bicyclic) bond motifs is 1. The molecular formula is C26H36N2O4S. The van der Waals surface area contributed by atoms with Crippen molar-refractivity contribution in [2.24, 2.45) is 0 Å². The fraction of sp³-hybridized carbons (Fsp3) is 0.538. The van der Waals surface area contributed by atoms with Gasteiger partial charge in [0.25, 0.3) is 0 Å². The van der Waals surface area contributed by atoms with Crippen molar-refractivity contribution in [2.75, 3.05) is 33.4 Å². The van der Waals surface area contributed by atoms with Gasteiger partial charge in [0.15, 0.2) is 0 Å². The number of thiophene rings is 1. The van der Waals surface area contributed by atoms with Crippen LogP contribution >= 0.6 is 11.3 Å². The van der Waals surface area contributed by atoms with Gasteiger partial charge in [-0.15, -0.1) is 11.3 Å². The van der Waals surface area contributed by atoms with Crippen molar-refractivity contribution in [1.29, 1.82) is 0 Å². The fourth-order valence-electron chi connectivity index (χ4n) is 4.15. The molecule has 1 aromatic heterocycles. The Morgan fingerprint density at radius 1 is 1.18 bits per heavy atom. The highest BCUT2D eigenvalue weighted by Crippen LogP contribution is 2.34. The number of carbonyl (C=O) groups is 2. The van der Waals surface area contributed by atoms with Crippen LogP contribution in [0.2, 0.25) is 0 Å². The molecule has 7 heteroatoms. The zero-order chi connectivity index (χ0) is 24.0. The normalized spacial score (nSPS) is 16.4. The first-order valence-electron chi connectivity index (χ1n) is 11.7. The van der Waals surface area contributed by atoms with E-state index >= 15 is 0 Å². The molecule has 1 aliphatic rings. The van der Waals surface area contributed by atoms with E-state index in [4.69, 9.17) is 9.47 Å². The first kappa shape index (κ1) is 25.2. The second-order valence-corrected chi connectivity index (χ2v) is 9.90. The number of rotatable bonds is 10. The average Bonchev–Trinajstić information content (AvgIpc) is 3.29. The number of methoxy groups -OCH3 is 1. The molecule has 0 saturated heterocycles. The third-order valence-electron chi connectivity index (χ3n) is 6.39. The Balaban J connectivity index is 1.76. The van der Waals surface area contributed by atoms with Crippen molar-refractivity contribution in [2.45, 2.75) is 58.5 Å². The number of carbonyl (C=O) groups excluding carboxylic acids is 2. The molecule has 180 valence electrons. The second-order valence-electron chi connectivity index (χ2n) is 8.90. The smallest absolute Gasteiger partial charge is 0.249 e. The lowest BCUT2D eigenvalue weighted by molar-refractivity contribution is -0.146. The highest BCUT2D eigenvalue weighted by molar-refractivity contribution is 7.10. The van der Waals surface area contributed by atoms with Crippen molar-refractivity contribution >= 4 is 23.2 Å². The van der Waals surface area contributed by atoms with E-state index < -0.39 is 0 Å². The minimum atomic E-state index is -0.173. The van der Waals surface area contributed by atoms with E-state index in [1.54, 1.807) is 16.2 Å². The summed E-state index contributed by atoms with van der Waals surface area (Å²) in [5.41, 5.74) is 2.42. The summed E-state index contributed by atoms with van der Waals surface area (Å²) in [5, 5.41) is 2.08. The number of hydrogen-bond donors (Lipinski definition) is 0. The molecule has 0 spiro atoms. The zero-order valence-electron chi connectivity index (χ0n) is 20.4. The largest absolute Gasteiger partial charge is 0.491 e. The van der Waals surface area contributed by atoms with Gasteiger partial charge in [0.05, 0.1) is 6.04 Å². The Morgan fingerprint density at radius 2 is 1.91 bits per heavy atom. The Bertz CT molecular complexity index is 925. The molecule has 33 heavy (non-hydrogen) atoms. The Labute approximate surface area is 201 Å². The van der Waals surface area contributed by atoms with E-state index in [0.717, 1.165) is 24.2 Å². The van der Waals surface area contributed by atoms with Gasteiger partial charge in [-0.3, -0.25) is 9.59 Å². The third-order valence-corrected chi connectivity index (χ3v) is 7.38. The average molecular weight is 473 g/mol. The predicted octanol–water partition coefficient (Wildman–Crippen LogP) is 4.65. The number of nitrogens with zero attached hydrogens (tertiary/aromatic N) is 2. The fourth-order valence-corrected chi connectivity index (χ4v) is 5.08. The van der Waals surface area contributed by atoms with E-state index in [1.807, 2.05) is 30.9 Å². The SMILES string of the molecule is CC[C@@H](C)N(CC(=O)N1CCc2sccc2[C@@H]1COc1ccc(C(C)C)cc1)C(=O)COC. The van der Waals surface area contributed by atoms with Crippen molar-refractivity contribution < 1.29 is 19.1 Å². The minimum absolute atomic E-state index is 0.0226. The molecule has 2 atom stereocenters. The van der Waals surface area contributed by atoms with E-state index in [9.17, 15) is 9.59 Å². The molecule has 2 amide bonds. The summed E-state index contributed by atoms with van der Waals surface area (Å²) >= 11 is 1.73. The van der Waals surface area contributed by atoms with E-state index in [-0.39, 0.29) is 37.0 Å². The number of amides is 2. The standard InChI is InChI=1S/C26H36N2O4S/c1-6-19(4)28(26(30)17-31-5)15-25(29)27-13-11-24-22(12-14-33-24)23(27)16-32-21-9-7-20(8-10-21)18(2)3/h7-10,12,14,18-19,23H,6,11,13,15-17H2,1-5H3/t19-,23+/m1/s1. The monoisotopic (exact) mass is 472 g/mol.